The van der Waals surface area contributed by atoms with Gasteiger partial charge in [0.15, 0.2) is 18.1 Å². The van der Waals surface area contributed by atoms with Crippen molar-refractivity contribution in [3.63, 3.8) is 0 Å². The van der Waals surface area contributed by atoms with E-state index in [4.69, 9.17) is 18.9 Å². The van der Waals surface area contributed by atoms with Crippen molar-refractivity contribution in [3.05, 3.63) is 47.5 Å². The molecule has 2 aromatic carbocycles. The third-order valence-corrected chi connectivity index (χ3v) is 4.27. The molecule has 2 aromatic rings. The zero-order valence-electron chi connectivity index (χ0n) is 15.9. The molecule has 0 saturated heterocycles. The molecule has 1 N–H and O–H groups in total. The predicted molar refractivity (Wildman–Crippen MR) is 102 cm³/mol. The van der Waals surface area contributed by atoms with E-state index in [1.165, 1.54) is 11.1 Å². The number of hydrogen-bond acceptors (Lipinski definition) is 5. The number of nitrogens with one attached hydrogen (secondary N) is 1. The van der Waals surface area contributed by atoms with Crippen molar-refractivity contribution in [2.45, 2.75) is 26.7 Å². The molecule has 0 atom stereocenters. The minimum atomic E-state index is -0.185. The second-order valence-electron chi connectivity index (χ2n) is 6.68. The summed E-state index contributed by atoms with van der Waals surface area (Å²) in [6.07, 6.45) is 0. The SMILES string of the molecule is Cc1cc(OCC(=O)NCCOc2ccc3c(c2)OCO3)ccc1C(C)C. The molecule has 1 aliphatic heterocycles. The number of fused-ring (bicyclic) bond motifs is 1. The molecule has 1 heterocycles. The first-order valence-electron chi connectivity index (χ1n) is 9.05. The lowest BCUT2D eigenvalue weighted by molar-refractivity contribution is -0.123. The Morgan fingerprint density at radius 3 is 2.59 bits per heavy atom. The van der Waals surface area contributed by atoms with Crippen LogP contribution >= 0.6 is 0 Å². The van der Waals surface area contributed by atoms with E-state index in [0.717, 1.165) is 0 Å². The van der Waals surface area contributed by atoms with E-state index in [0.29, 0.717) is 42.1 Å². The first kappa shape index (κ1) is 18.9. The summed E-state index contributed by atoms with van der Waals surface area (Å²) >= 11 is 0. The fraction of sp³-hybridized carbons (Fsp3) is 0.381. The third kappa shape index (κ3) is 5.06. The third-order valence-electron chi connectivity index (χ3n) is 4.27. The van der Waals surface area contributed by atoms with Crippen LogP contribution in [0.4, 0.5) is 0 Å². The van der Waals surface area contributed by atoms with Gasteiger partial charge in [0, 0.05) is 6.07 Å². The molecule has 0 fully saturated rings. The van der Waals surface area contributed by atoms with Gasteiger partial charge < -0.3 is 24.3 Å². The maximum absolute atomic E-state index is 11.9. The number of rotatable bonds is 8. The molecule has 6 heteroatoms. The van der Waals surface area contributed by atoms with E-state index in [2.05, 4.69) is 26.1 Å². The Morgan fingerprint density at radius 2 is 1.81 bits per heavy atom. The Bertz CT molecular complexity index is 803. The van der Waals surface area contributed by atoms with Gasteiger partial charge in [-0.15, -0.1) is 0 Å². The maximum atomic E-state index is 11.9. The molecule has 0 aromatic heterocycles. The second kappa shape index (κ2) is 8.66. The lowest BCUT2D eigenvalue weighted by atomic mass is 9.98. The van der Waals surface area contributed by atoms with Crippen LogP contribution in [0.3, 0.4) is 0 Å². The van der Waals surface area contributed by atoms with Crippen LogP contribution in [0.25, 0.3) is 0 Å². The molecular formula is C21H25NO5. The molecular weight excluding hydrogens is 346 g/mol. The van der Waals surface area contributed by atoms with Crippen molar-refractivity contribution in [2.24, 2.45) is 0 Å². The summed E-state index contributed by atoms with van der Waals surface area (Å²) in [7, 11) is 0. The van der Waals surface area contributed by atoms with Crippen molar-refractivity contribution >= 4 is 5.91 Å². The van der Waals surface area contributed by atoms with Crippen molar-refractivity contribution in [2.75, 3.05) is 26.6 Å². The zero-order chi connectivity index (χ0) is 19.2. The molecule has 144 valence electrons. The first-order valence-corrected chi connectivity index (χ1v) is 9.05. The van der Waals surface area contributed by atoms with E-state index in [9.17, 15) is 4.79 Å². The molecule has 3 rings (SSSR count). The number of ether oxygens (including phenoxy) is 4. The van der Waals surface area contributed by atoms with Gasteiger partial charge in [-0.25, -0.2) is 0 Å². The highest BCUT2D eigenvalue weighted by Gasteiger charge is 2.13. The summed E-state index contributed by atoms with van der Waals surface area (Å²) in [6.45, 7) is 7.31. The first-order chi connectivity index (χ1) is 13.0. The highest BCUT2D eigenvalue weighted by molar-refractivity contribution is 5.77. The lowest BCUT2D eigenvalue weighted by Crippen LogP contribution is -2.32. The molecule has 1 amide bonds. The van der Waals surface area contributed by atoms with Crippen LogP contribution in [-0.2, 0) is 4.79 Å². The Balaban J connectivity index is 1.37. The Labute approximate surface area is 159 Å². The van der Waals surface area contributed by atoms with E-state index < -0.39 is 0 Å². The average molecular weight is 371 g/mol. The summed E-state index contributed by atoms with van der Waals surface area (Å²) < 4.78 is 21.7. The standard InChI is InChI=1S/C21H25NO5/c1-14(2)18-6-4-16(10-15(18)3)25-12-21(23)22-8-9-24-17-5-7-19-20(11-17)27-13-26-19/h4-7,10-11,14H,8-9,12-13H2,1-3H3,(H,22,23). The summed E-state index contributed by atoms with van der Waals surface area (Å²) in [5.41, 5.74) is 2.45. The number of aryl methyl sites for hydroxylation is 1. The molecule has 0 unspecified atom stereocenters. The van der Waals surface area contributed by atoms with Gasteiger partial charge in [-0.05, 0) is 48.2 Å². The van der Waals surface area contributed by atoms with Crippen LogP contribution in [0.5, 0.6) is 23.0 Å². The van der Waals surface area contributed by atoms with Crippen LogP contribution in [0, 0.1) is 6.92 Å². The van der Waals surface area contributed by atoms with Crippen molar-refractivity contribution < 1.29 is 23.7 Å². The number of hydrogen-bond donors (Lipinski definition) is 1. The predicted octanol–water partition coefficient (Wildman–Crippen LogP) is 3.42. The van der Waals surface area contributed by atoms with Gasteiger partial charge in [-0.3, -0.25) is 4.79 Å². The highest BCUT2D eigenvalue weighted by atomic mass is 16.7. The molecule has 0 aliphatic carbocycles. The van der Waals surface area contributed by atoms with Gasteiger partial charge in [0.25, 0.3) is 5.91 Å². The molecule has 1 aliphatic rings. The zero-order valence-corrected chi connectivity index (χ0v) is 15.9. The molecule has 0 spiro atoms. The van der Waals surface area contributed by atoms with Gasteiger partial charge >= 0.3 is 0 Å². The van der Waals surface area contributed by atoms with Gasteiger partial charge in [0.05, 0.1) is 6.54 Å². The molecule has 0 bridgehead atoms. The average Bonchev–Trinajstić information content (AvgIpc) is 3.11. The molecule has 0 radical (unpaired) electrons. The van der Waals surface area contributed by atoms with Crippen LogP contribution in [0.2, 0.25) is 0 Å². The van der Waals surface area contributed by atoms with E-state index in [1.54, 1.807) is 12.1 Å². The van der Waals surface area contributed by atoms with E-state index in [1.807, 2.05) is 24.3 Å². The normalized spacial score (nSPS) is 12.1. The van der Waals surface area contributed by atoms with Gasteiger partial charge in [-0.2, -0.15) is 0 Å². The van der Waals surface area contributed by atoms with Crippen LogP contribution in [-0.4, -0.2) is 32.5 Å². The quantitative estimate of drug-likeness (QED) is 0.720. The number of carbonyl (C=O) groups is 1. The van der Waals surface area contributed by atoms with Gasteiger partial charge in [0.2, 0.25) is 6.79 Å². The fourth-order valence-electron chi connectivity index (χ4n) is 2.91. The maximum Gasteiger partial charge on any atom is 0.258 e. The highest BCUT2D eigenvalue weighted by Crippen LogP contribution is 2.35. The second-order valence-corrected chi connectivity index (χ2v) is 6.68. The van der Waals surface area contributed by atoms with Crippen LogP contribution in [0.1, 0.15) is 30.9 Å². The van der Waals surface area contributed by atoms with Gasteiger partial charge in [0.1, 0.15) is 18.1 Å². The van der Waals surface area contributed by atoms with E-state index in [-0.39, 0.29) is 19.3 Å². The number of carbonyl (C=O) groups excluding carboxylic acids is 1. The topological polar surface area (TPSA) is 66.0 Å². The monoisotopic (exact) mass is 371 g/mol. The Hall–Kier alpha value is -2.89. The largest absolute Gasteiger partial charge is 0.492 e. The summed E-state index contributed by atoms with van der Waals surface area (Å²) in [5.74, 6) is 3.03. The number of benzene rings is 2. The van der Waals surface area contributed by atoms with Crippen LogP contribution < -0.4 is 24.3 Å². The summed E-state index contributed by atoms with van der Waals surface area (Å²) in [6, 6.07) is 11.3. The number of amides is 1. The smallest absolute Gasteiger partial charge is 0.258 e. The van der Waals surface area contributed by atoms with Crippen molar-refractivity contribution in [3.8, 4) is 23.0 Å². The minimum Gasteiger partial charge on any atom is -0.492 e. The Kier molecular flexibility index (Phi) is 6.06. The van der Waals surface area contributed by atoms with Crippen LogP contribution in [0.15, 0.2) is 36.4 Å². The summed E-state index contributed by atoms with van der Waals surface area (Å²) in [4.78, 5) is 11.9. The fourth-order valence-corrected chi connectivity index (χ4v) is 2.91. The summed E-state index contributed by atoms with van der Waals surface area (Å²) in [5, 5.41) is 2.77. The Morgan fingerprint density at radius 1 is 1.07 bits per heavy atom. The van der Waals surface area contributed by atoms with Crippen molar-refractivity contribution in [1.29, 1.82) is 0 Å². The van der Waals surface area contributed by atoms with Gasteiger partial charge in [-0.1, -0.05) is 19.9 Å². The minimum absolute atomic E-state index is 0.0233. The van der Waals surface area contributed by atoms with Crippen molar-refractivity contribution in [1.82, 2.24) is 5.32 Å². The molecule has 6 nitrogen and oxygen atoms in total. The lowest BCUT2D eigenvalue weighted by Gasteiger charge is -2.12. The van der Waals surface area contributed by atoms with E-state index >= 15 is 0 Å². The molecule has 0 saturated carbocycles. The molecule has 27 heavy (non-hydrogen) atoms.